The number of methoxy groups -OCH3 is 1. The second-order valence-corrected chi connectivity index (χ2v) is 3.82. The van der Waals surface area contributed by atoms with Gasteiger partial charge >= 0.3 is 0 Å². The second-order valence-electron chi connectivity index (χ2n) is 3.82. The molecule has 1 rings (SSSR count). The third-order valence-electron chi connectivity index (χ3n) is 2.33. The van der Waals surface area contributed by atoms with Crippen molar-refractivity contribution < 1.29 is 14.2 Å². The van der Waals surface area contributed by atoms with Crippen LogP contribution in [0.4, 0.5) is 0 Å². The lowest BCUT2D eigenvalue weighted by atomic mass is 10.1. The predicted octanol–water partition coefficient (Wildman–Crippen LogP) is 2.13. The molecular formula is C14H19NO3. The number of rotatable bonds is 9. The van der Waals surface area contributed by atoms with Crippen LogP contribution in [0.2, 0.25) is 0 Å². The average Bonchev–Trinajstić information content (AvgIpc) is 2.42. The summed E-state index contributed by atoms with van der Waals surface area (Å²) in [5, 5.41) is 8.75. The largest absolute Gasteiger partial charge is 0.385 e. The maximum Gasteiger partial charge on any atom is 0.0991 e. The molecule has 0 heterocycles. The van der Waals surface area contributed by atoms with Crippen LogP contribution in [-0.2, 0) is 20.8 Å². The van der Waals surface area contributed by atoms with Gasteiger partial charge in [-0.2, -0.15) is 5.26 Å². The lowest BCUT2D eigenvalue weighted by Crippen LogP contribution is -2.06. The van der Waals surface area contributed by atoms with E-state index in [1.165, 1.54) is 0 Å². The van der Waals surface area contributed by atoms with Gasteiger partial charge in [0.25, 0.3) is 0 Å². The fourth-order valence-electron chi connectivity index (χ4n) is 1.45. The maximum absolute atomic E-state index is 8.75. The summed E-state index contributed by atoms with van der Waals surface area (Å²) in [6.45, 7) is 3.07. The van der Waals surface area contributed by atoms with Crippen LogP contribution in [0.1, 0.15) is 17.5 Å². The van der Waals surface area contributed by atoms with E-state index in [-0.39, 0.29) is 0 Å². The molecule has 0 amide bonds. The highest BCUT2D eigenvalue weighted by Gasteiger charge is 1.96. The van der Waals surface area contributed by atoms with E-state index in [1.54, 1.807) is 13.2 Å². The Balaban J connectivity index is 2.05. The molecule has 18 heavy (non-hydrogen) atoms. The highest BCUT2D eigenvalue weighted by atomic mass is 16.5. The molecule has 0 saturated heterocycles. The Morgan fingerprint density at radius 3 is 2.72 bits per heavy atom. The Morgan fingerprint density at radius 1 is 1.11 bits per heavy atom. The lowest BCUT2D eigenvalue weighted by molar-refractivity contribution is 0.0337. The van der Waals surface area contributed by atoms with E-state index in [2.05, 4.69) is 6.07 Å². The Bertz CT molecular complexity index is 374. The first-order valence-corrected chi connectivity index (χ1v) is 6.00. The van der Waals surface area contributed by atoms with Crippen molar-refractivity contribution in [2.75, 3.05) is 33.5 Å². The molecule has 0 spiro atoms. The summed E-state index contributed by atoms with van der Waals surface area (Å²) >= 11 is 0. The molecule has 0 atom stereocenters. The van der Waals surface area contributed by atoms with Crippen molar-refractivity contribution in [2.45, 2.75) is 13.0 Å². The molecule has 0 radical (unpaired) electrons. The van der Waals surface area contributed by atoms with Crippen LogP contribution in [0.3, 0.4) is 0 Å². The van der Waals surface area contributed by atoms with Crippen molar-refractivity contribution in [3.63, 3.8) is 0 Å². The average molecular weight is 249 g/mol. The van der Waals surface area contributed by atoms with Crippen LogP contribution < -0.4 is 0 Å². The molecule has 1 aromatic rings. The molecule has 0 unspecified atom stereocenters. The van der Waals surface area contributed by atoms with Crippen LogP contribution in [0, 0.1) is 11.3 Å². The Morgan fingerprint density at radius 2 is 1.94 bits per heavy atom. The van der Waals surface area contributed by atoms with E-state index in [4.69, 9.17) is 19.5 Å². The molecule has 0 aliphatic rings. The summed E-state index contributed by atoms with van der Waals surface area (Å²) in [4.78, 5) is 0. The van der Waals surface area contributed by atoms with Gasteiger partial charge < -0.3 is 14.2 Å². The number of nitriles is 1. The van der Waals surface area contributed by atoms with E-state index in [0.717, 1.165) is 18.6 Å². The van der Waals surface area contributed by atoms with E-state index in [0.29, 0.717) is 32.0 Å². The van der Waals surface area contributed by atoms with E-state index < -0.39 is 0 Å². The molecular weight excluding hydrogens is 230 g/mol. The molecule has 0 N–H and O–H groups in total. The second kappa shape index (κ2) is 9.60. The topological polar surface area (TPSA) is 51.5 Å². The summed E-state index contributed by atoms with van der Waals surface area (Å²) in [7, 11) is 1.68. The first-order chi connectivity index (χ1) is 8.86. The molecule has 0 saturated carbocycles. The van der Waals surface area contributed by atoms with Crippen molar-refractivity contribution in [1.29, 1.82) is 5.26 Å². The molecule has 1 aromatic carbocycles. The zero-order valence-electron chi connectivity index (χ0n) is 10.7. The maximum atomic E-state index is 8.75. The van der Waals surface area contributed by atoms with Crippen molar-refractivity contribution in [1.82, 2.24) is 0 Å². The summed E-state index contributed by atoms with van der Waals surface area (Å²) in [6, 6.07) is 9.52. The standard InChI is InChI=1S/C14H19NO3/c1-16-6-3-7-17-8-9-18-12-14-5-2-4-13(10-14)11-15/h2,4-5,10H,3,6-9,12H2,1H3. The monoisotopic (exact) mass is 249 g/mol. The van der Waals surface area contributed by atoms with E-state index >= 15 is 0 Å². The minimum atomic E-state index is 0.511. The first kappa shape index (κ1) is 14.7. The van der Waals surface area contributed by atoms with Gasteiger partial charge in [-0.3, -0.25) is 0 Å². The van der Waals surface area contributed by atoms with Gasteiger partial charge in [0.1, 0.15) is 0 Å². The van der Waals surface area contributed by atoms with Gasteiger partial charge in [-0.25, -0.2) is 0 Å². The van der Waals surface area contributed by atoms with Gasteiger partial charge in [0.15, 0.2) is 0 Å². The van der Waals surface area contributed by atoms with Crippen LogP contribution >= 0.6 is 0 Å². The van der Waals surface area contributed by atoms with Gasteiger partial charge in [0, 0.05) is 20.3 Å². The molecule has 4 nitrogen and oxygen atoms in total. The fraction of sp³-hybridized carbons (Fsp3) is 0.500. The fourth-order valence-corrected chi connectivity index (χ4v) is 1.45. The van der Waals surface area contributed by atoms with Gasteiger partial charge in [0.2, 0.25) is 0 Å². The van der Waals surface area contributed by atoms with Crippen LogP contribution in [-0.4, -0.2) is 33.5 Å². The minimum Gasteiger partial charge on any atom is -0.385 e. The van der Waals surface area contributed by atoms with E-state index in [9.17, 15) is 0 Å². The van der Waals surface area contributed by atoms with Gasteiger partial charge in [-0.05, 0) is 24.1 Å². The summed E-state index contributed by atoms with van der Waals surface area (Å²) in [5.41, 5.74) is 1.67. The van der Waals surface area contributed by atoms with Crippen molar-refractivity contribution in [2.24, 2.45) is 0 Å². The number of hydrogen-bond donors (Lipinski definition) is 0. The van der Waals surface area contributed by atoms with Crippen LogP contribution in [0.5, 0.6) is 0 Å². The van der Waals surface area contributed by atoms with Gasteiger partial charge in [0.05, 0.1) is 31.5 Å². The Hall–Kier alpha value is -1.41. The van der Waals surface area contributed by atoms with Gasteiger partial charge in [-0.15, -0.1) is 0 Å². The molecule has 0 fully saturated rings. The zero-order valence-corrected chi connectivity index (χ0v) is 10.7. The third-order valence-corrected chi connectivity index (χ3v) is 2.33. The zero-order chi connectivity index (χ0) is 13.1. The molecule has 4 heteroatoms. The summed E-state index contributed by atoms with van der Waals surface area (Å²) < 4.78 is 15.7. The lowest BCUT2D eigenvalue weighted by Gasteiger charge is -2.06. The van der Waals surface area contributed by atoms with E-state index in [1.807, 2.05) is 18.2 Å². The minimum absolute atomic E-state index is 0.511. The summed E-state index contributed by atoms with van der Waals surface area (Å²) in [5.74, 6) is 0. The van der Waals surface area contributed by atoms with Crippen molar-refractivity contribution in [3.05, 3.63) is 35.4 Å². The number of ether oxygens (including phenoxy) is 3. The SMILES string of the molecule is COCCCOCCOCc1cccc(C#N)c1. The Kier molecular flexibility index (Phi) is 7.82. The summed E-state index contributed by atoms with van der Waals surface area (Å²) in [6.07, 6.45) is 0.903. The first-order valence-electron chi connectivity index (χ1n) is 6.00. The normalized spacial score (nSPS) is 10.2. The van der Waals surface area contributed by atoms with Crippen LogP contribution in [0.15, 0.2) is 24.3 Å². The Labute approximate surface area is 108 Å². The number of benzene rings is 1. The molecule has 0 bridgehead atoms. The van der Waals surface area contributed by atoms with Crippen molar-refractivity contribution in [3.8, 4) is 6.07 Å². The predicted molar refractivity (Wildman–Crippen MR) is 68.1 cm³/mol. The van der Waals surface area contributed by atoms with Crippen molar-refractivity contribution >= 4 is 0 Å². The third kappa shape index (κ3) is 6.36. The van der Waals surface area contributed by atoms with Gasteiger partial charge in [-0.1, -0.05) is 12.1 Å². The number of nitrogens with zero attached hydrogens (tertiary/aromatic N) is 1. The molecule has 0 aliphatic heterocycles. The molecule has 0 aliphatic carbocycles. The highest BCUT2D eigenvalue weighted by Crippen LogP contribution is 2.05. The molecule has 0 aromatic heterocycles. The highest BCUT2D eigenvalue weighted by molar-refractivity contribution is 5.32. The quantitative estimate of drug-likeness (QED) is 0.629. The molecule has 98 valence electrons. The van der Waals surface area contributed by atoms with Crippen LogP contribution in [0.25, 0.3) is 0 Å². The smallest absolute Gasteiger partial charge is 0.0991 e. The number of hydrogen-bond acceptors (Lipinski definition) is 4.